The van der Waals surface area contributed by atoms with Crippen LogP contribution in [0.15, 0.2) is 28.8 Å². The van der Waals surface area contributed by atoms with Gasteiger partial charge in [-0.2, -0.15) is 4.98 Å². The maximum atomic E-state index is 12.3. The summed E-state index contributed by atoms with van der Waals surface area (Å²) in [5.41, 5.74) is 2.27. The minimum absolute atomic E-state index is 0.160. The molecule has 1 unspecified atom stereocenters. The molecule has 2 heterocycles. The van der Waals surface area contributed by atoms with Crippen LogP contribution in [0.1, 0.15) is 62.8 Å². The largest absolute Gasteiger partial charge is 0.342 e. The van der Waals surface area contributed by atoms with Crippen molar-refractivity contribution in [3.63, 3.8) is 0 Å². The van der Waals surface area contributed by atoms with E-state index < -0.39 is 0 Å². The molecule has 5 nitrogen and oxygen atoms in total. The third kappa shape index (κ3) is 3.46. The highest BCUT2D eigenvalue weighted by Crippen LogP contribution is 2.34. The lowest BCUT2D eigenvalue weighted by Crippen LogP contribution is -2.40. The zero-order chi connectivity index (χ0) is 17.4. The van der Waals surface area contributed by atoms with Crippen LogP contribution in [-0.2, 0) is 4.79 Å². The van der Waals surface area contributed by atoms with E-state index in [0.717, 1.165) is 37.8 Å². The summed E-state index contributed by atoms with van der Waals surface area (Å²) < 4.78 is 5.54. The van der Waals surface area contributed by atoms with Crippen LogP contribution in [0.25, 0.3) is 11.4 Å². The van der Waals surface area contributed by atoms with Gasteiger partial charge in [-0.25, -0.2) is 0 Å². The van der Waals surface area contributed by atoms with E-state index >= 15 is 0 Å². The summed E-state index contributed by atoms with van der Waals surface area (Å²) in [4.78, 5) is 18.9. The standard InChI is InChI=1S/C20H25N3O2/c1-13(2)14-5-7-15(8-6-14)18-21-19(25-22-18)17-4-3-11-23(12-17)20(24)16-9-10-16/h5-8,13,16-17H,3-4,9-12H2,1-2H3. The Morgan fingerprint density at radius 3 is 2.64 bits per heavy atom. The van der Waals surface area contributed by atoms with Gasteiger partial charge in [0.1, 0.15) is 0 Å². The predicted molar refractivity (Wildman–Crippen MR) is 95.1 cm³/mol. The Morgan fingerprint density at radius 2 is 1.96 bits per heavy atom. The average molecular weight is 339 g/mol. The van der Waals surface area contributed by atoms with Crippen LogP contribution in [0.3, 0.4) is 0 Å². The molecule has 1 aliphatic heterocycles. The maximum absolute atomic E-state index is 12.3. The highest BCUT2D eigenvalue weighted by Gasteiger charge is 2.36. The lowest BCUT2D eigenvalue weighted by molar-refractivity contribution is -0.133. The first-order valence-corrected chi connectivity index (χ1v) is 9.34. The number of carbonyl (C=O) groups excluding carboxylic acids is 1. The molecule has 0 N–H and O–H groups in total. The van der Waals surface area contributed by atoms with Crippen LogP contribution in [-0.4, -0.2) is 34.0 Å². The Kier molecular flexibility index (Phi) is 4.32. The molecular weight excluding hydrogens is 314 g/mol. The Labute approximate surface area is 148 Å². The zero-order valence-electron chi connectivity index (χ0n) is 14.9. The van der Waals surface area contributed by atoms with Crippen molar-refractivity contribution in [3.05, 3.63) is 35.7 Å². The van der Waals surface area contributed by atoms with Gasteiger partial charge in [0.25, 0.3) is 0 Å². The normalized spacial score (nSPS) is 20.9. The molecule has 0 bridgehead atoms. The lowest BCUT2D eigenvalue weighted by Gasteiger charge is -2.31. The summed E-state index contributed by atoms with van der Waals surface area (Å²) in [7, 11) is 0. The summed E-state index contributed by atoms with van der Waals surface area (Å²) in [6, 6.07) is 8.33. The van der Waals surface area contributed by atoms with Crippen molar-refractivity contribution in [1.29, 1.82) is 0 Å². The quantitative estimate of drug-likeness (QED) is 0.845. The van der Waals surface area contributed by atoms with Gasteiger partial charge < -0.3 is 9.42 Å². The van der Waals surface area contributed by atoms with Gasteiger partial charge in [-0.15, -0.1) is 0 Å². The molecule has 1 atom stereocenters. The van der Waals surface area contributed by atoms with Gasteiger partial charge in [-0.3, -0.25) is 4.79 Å². The van der Waals surface area contributed by atoms with Crippen LogP contribution in [0, 0.1) is 5.92 Å². The minimum Gasteiger partial charge on any atom is -0.342 e. The number of benzene rings is 1. The summed E-state index contributed by atoms with van der Waals surface area (Å²) in [5, 5.41) is 4.16. The molecule has 4 rings (SSSR count). The number of hydrogen-bond acceptors (Lipinski definition) is 4. The number of amides is 1. The summed E-state index contributed by atoms with van der Waals surface area (Å²) in [6.07, 6.45) is 4.11. The van der Waals surface area contributed by atoms with E-state index in [1.165, 1.54) is 5.56 Å². The summed E-state index contributed by atoms with van der Waals surface area (Å²) >= 11 is 0. The number of carbonyl (C=O) groups is 1. The molecule has 5 heteroatoms. The molecule has 1 aromatic heterocycles. The zero-order valence-corrected chi connectivity index (χ0v) is 14.9. The fourth-order valence-corrected chi connectivity index (χ4v) is 3.50. The van der Waals surface area contributed by atoms with Gasteiger partial charge in [0.2, 0.25) is 17.6 Å². The predicted octanol–water partition coefficient (Wildman–Crippen LogP) is 3.98. The Hall–Kier alpha value is -2.17. The molecule has 2 aliphatic rings. The van der Waals surface area contributed by atoms with Gasteiger partial charge in [-0.1, -0.05) is 43.3 Å². The molecule has 132 valence electrons. The molecule has 2 aromatic rings. The first-order valence-electron chi connectivity index (χ1n) is 9.34. The second kappa shape index (κ2) is 6.62. The van der Waals surface area contributed by atoms with Crippen LogP contribution in [0.5, 0.6) is 0 Å². The molecule has 2 fully saturated rings. The van der Waals surface area contributed by atoms with Gasteiger partial charge in [0.05, 0.1) is 5.92 Å². The number of aromatic nitrogens is 2. The monoisotopic (exact) mass is 339 g/mol. The van der Waals surface area contributed by atoms with Crippen LogP contribution in [0.4, 0.5) is 0 Å². The van der Waals surface area contributed by atoms with E-state index in [-0.39, 0.29) is 11.8 Å². The van der Waals surface area contributed by atoms with E-state index in [1.54, 1.807) is 0 Å². The Bertz CT molecular complexity index is 747. The van der Waals surface area contributed by atoms with E-state index in [4.69, 9.17) is 4.52 Å². The highest BCUT2D eigenvalue weighted by molar-refractivity contribution is 5.81. The highest BCUT2D eigenvalue weighted by atomic mass is 16.5. The first kappa shape index (κ1) is 16.3. The lowest BCUT2D eigenvalue weighted by atomic mass is 9.97. The van der Waals surface area contributed by atoms with Crippen molar-refractivity contribution in [2.24, 2.45) is 5.92 Å². The number of nitrogens with zero attached hydrogens (tertiary/aromatic N) is 3. The minimum atomic E-state index is 0.160. The van der Waals surface area contributed by atoms with Gasteiger partial charge in [-0.05, 0) is 37.2 Å². The van der Waals surface area contributed by atoms with Crippen LogP contribution >= 0.6 is 0 Å². The Balaban J connectivity index is 1.47. The summed E-state index contributed by atoms with van der Waals surface area (Å²) in [5.74, 6) is 2.55. The van der Waals surface area contributed by atoms with Crippen molar-refractivity contribution < 1.29 is 9.32 Å². The number of piperidine rings is 1. The molecule has 1 aromatic carbocycles. The third-order valence-corrected chi connectivity index (χ3v) is 5.29. The van der Waals surface area contributed by atoms with Crippen molar-refractivity contribution in [1.82, 2.24) is 15.0 Å². The van der Waals surface area contributed by atoms with Crippen molar-refractivity contribution >= 4 is 5.91 Å². The van der Waals surface area contributed by atoms with Crippen LogP contribution < -0.4 is 0 Å². The molecular formula is C20H25N3O2. The molecule has 1 saturated heterocycles. The third-order valence-electron chi connectivity index (χ3n) is 5.29. The smallest absolute Gasteiger partial charge is 0.231 e. The average Bonchev–Trinajstić information content (AvgIpc) is 3.37. The van der Waals surface area contributed by atoms with E-state index in [0.29, 0.717) is 30.1 Å². The molecule has 1 amide bonds. The van der Waals surface area contributed by atoms with E-state index in [2.05, 4.69) is 36.1 Å². The summed E-state index contributed by atoms with van der Waals surface area (Å²) in [6.45, 7) is 5.94. The molecule has 0 spiro atoms. The van der Waals surface area contributed by atoms with Crippen molar-refractivity contribution in [2.75, 3.05) is 13.1 Å². The number of rotatable bonds is 4. The fourth-order valence-electron chi connectivity index (χ4n) is 3.50. The van der Waals surface area contributed by atoms with E-state index in [1.807, 2.05) is 17.0 Å². The SMILES string of the molecule is CC(C)c1ccc(-c2noc(C3CCCN(C(=O)C4CC4)C3)n2)cc1. The molecule has 1 saturated carbocycles. The topological polar surface area (TPSA) is 59.2 Å². The molecule has 25 heavy (non-hydrogen) atoms. The number of hydrogen-bond donors (Lipinski definition) is 0. The van der Waals surface area contributed by atoms with Crippen molar-refractivity contribution in [2.45, 2.75) is 51.4 Å². The second-order valence-electron chi connectivity index (χ2n) is 7.63. The van der Waals surface area contributed by atoms with Crippen LogP contribution in [0.2, 0.25) is 0 Å². The van der Waals surface area contributed by atoms with Gasteiger partial charge in [0.15, 0.2) is 0 Å². The Morgan fingerprint density at radius 1 is 1.20 bits per heavy atom. The van der Waals surface area contributed by atoms with Gasteiger partial charge in [0, 0.05) is 24.6 Å². The molecule has 0 radical (unpaired) electrons. The first-order chi connectivity index (χ1) is 12.1. The maximum Gasteiger partial charge on any atom is 0.231 e. The van der Waals surface area contributed by atoms with Gasteiger partial charge >= 0.3 is 0 Å². The van der Waals surface area contributed by atoms with Crippen molar-refractivity contribution in [3.8, 4) is 11.4 Å². The fraction of sp³-hybridized carbons (Fsp3) is 0.550. The number of likely N-dealkylation sites (tertiary alicyclic amines) is 1. The van der Waals surface area contributed by atoms with E-state index in [9.17, 15) is 4.79 Å². The second-order valence-corrected chi connectivity index (χ2v) is 7.63. The molecule has 1 aliphatic carbocycles.